The second-order valence-electron chi connectivity index (χ2n) is 10.0. The van der Waals surface area contributed by atoms with Crippen LogP contribution >= 0.6 is 23.2 Å². The van der Waals surface area contributed by atoms with Crippen molar-refractivity contribution in [2.75, 3.05) is 5.32 Å². The largest absolute Gasteiger partial charge is 0.573 e. The van der Waals surface area contributed by atoms with Gasteiger partial charge in [-0.05, 0) is 79.1 Å². The van der Waals surface area contributed by atoms with E-state index in [0.717, 1.165) is 43.4 Å². The van der Waals surface area contributed by atoms with Gasteiger partial charge >= 0.3 is 12.4 Å². The van der Waals surface area contributed by atoms with Crippen LogP contribution in [0, 0.1) is 0 Å². The van der Waals surface area contributed by atoms with Crippen LogP contribution in [0.25, 0.3) is 11.3 Å². The second kappa shape index (κ2) is 12.6. The van der Waals surface area contributed by atoms with Crippen molar-refractivity contribution in [2.45, 2.75) is 44.5 Å². The number of alkyl halides is 3. The fourth-order valence-corrected chi connectivity index (χ4v) is 5.26. The lowest BCUT2D eigenvalue weighted by atomic mass is 10.0. The lowest BCUT2D eigenvalue weighted by Crippen LogP contribution is -2.30. The van der Waals surface area contributed by atoms with E-state index >= 15 is 0 Å². The molecular weight excluding hydrogens is 608 g/mol. The van der Waals surface area contributed by atoms with Crippen molar-refractivity contribution in [1.82, 2.24) is 15.1 Å². The summed E-state index contributed by atoms with van der Waals surface area (Å²) >= 11 is 12.1. The zero-order valence-electron chi connectivity index (χ0n) is 22.4. The van der Waals surface area contributed by atoms with Gasteiger partial charge in [-0.2, -0.15) is 9.78 Å². The first-order chi connectivity index (χ1) is 20.5. The molecule has 0 atom stereocenters. The number of benzene rings is 3. The minimum absolute atomic E-state index is 0.0931. The molecule has 0 radical (unpaired) electrons. The maximum absolute atomic E-state index is 13.3. The van der Waals surface area contributed by atoms with E-state index in [9.17, 15) is 27.9 Å². The van der Waals surface area contributed by atoms with Gasteiger partial charge in [0.05, 0.1) is 21.4 Å². The molecule has 224 valence electrons. The molecule has 43 heavy (non-hydrogen) atoms. The number of hydrogen-bond acceptors (Lipinski definition) is 5. The standard InChI is InChI=1S/C30H25Cl2F3N4O4/c31-23-11-5-17(13-24(23)32)16-36-29(42)39-26(18-3-1-2-4-18)15-25(38-39)22-14-20(8-12-27(22)40)37-28(41)19-6-9-21(10-7-19)43-30(33,34)35/h5-15,18,40H,1-4,16H2,(H,36,42)(H,37,41). The Morgan fingerprint density at radius 2 is 1.70 bits per heavy atom. The molecule has 1 saturated carbocycles. The van der Waals surface area contributed by atoms with Crippen LogP contribution in [0.1, 0.15) is 53.2 Å². The average molecular weight is 633 g/mol. The average Bonchev–Trinajstić information content (AvgIpc) is 3.65. The van der Waals surface area contributed by atoms with Crippen molar-refractivity contribution >= 4 is 40.8 Å². The van der Waals surface area contributed by atoms with Crippen LogP contribution in [0.3, 0.4) is 0 Å². The van der Waals surface area contributed by atoms with Gasteiger partial charge in [0.2, 0.25) is 0 Å². The summed E-state index contributed by atoms with van der Waals surface area (Å²) in [5, 5.41) is 21.5. The third-order valence-corrected chi connectivity index (χ3v) is 7.75. The lowest BCUT2D eigenvalue weighted by molar-refractivity contribution is -0.274. The summed E-state index contributed by atoms with van der Waals surface area (Å²) in [4.78, 5) is 26.1. The molecule has 4 aromatic rings. The third kappa shape index (κ3) is 7.41. The fourth-order valence-electron chi connectivity index (χ4n) is 4.93. The van der Waals surface area contributed by atoms with E-state index in [1.807, 2.05) is 0 Å². The SMILES string of the molecule is O=C(Nc1ccc(O)c(-c2cc(C3CCCC3)n(C(=O)NCc3ccc(Cl)c(Cl)c3)n2)c1)c1ccc(OC(F)(F)F)cc1. The molecule has 8 nitrogen and oxygen atoms in total. The van der Waals surface area contributed by atoms with E-state index < -0.39 is 24.1 Å². The number of phenols is 1. The lowest BCUT2D eigenvalue weighted by Gasteiger charge is -2.12. The summed E-state index contributed by atoms with van der Waals surface area (Å²) in [5.41, 5.74) is 2.45. The number of aromatic hydroxyl groups is 1. The predicted molar refractivity (Wildman–Crippen MR) is 156 cm³/mol. The zero-order chi connectivity index (χ0) is 30.7. The van der Waals surface area contributed by atoms with Crippen LogP contribution in [0.2, 0.25) is 10.0 Å². The van der Waals surface area contributed by atoms with E-state index in [4.69, 9.17) is 23.2 Å². The van der Waals surface area contributed by atoms with Crippen LogP contribution in [0.15, 0.2) is 66.7 Å². The molecule has 1 heterocycles. The van der Waals surface area contributed by atoms with Gasteiger partial charge in [-0.15, -0.1) is 13.2 Å². The minimum Gasteiger partial charge on any atom is -0.507 e. The van der Waals surface area contributed by atoms with Crippen LogP contribution in [-0.2, 0) is 6.54 Å². The molecule has 3 N–H and O–H groups in total. The highest BCUT2D eigenvalue weighted by Gasteiger charge is 2.31. The van der Waals surface area contributed by atoms with Gasteiger partial charge in [-0.1, -0.05) is 42.1 Å². The first kappa shape index (κ1) is 30.2. The summed E-state index contributed by atoms with van der Waals surface area (Å²) in [6, 6.07) is 15.2. The molecule has 1 fully saturated rings. The van der Waals surface area contributed by atoms with E-state index in [1.54, 1.807) is 24.3 Å². The zero-order valence-corrected chi connectivity index (χ0v) is 23.9. The molecule has 5 rings (SSSR count). The predicted octanol–water partition coefficient (Wildman–Crippen LogP) is 8.13. The normalized spacial score (nSPS) is 13.6. The molecule has 0 bridgehead atoms. The number of anilines is 1. The number of carbonyl (C=O) groups excluding carboxylic acids is 2. The van der Waals surface area contributed by atoms with E-state index in [1.165, 1.54) is 35.0 Å². The molecule has 3 aromatic carbocycles. The van der Waals surface area contributed by atoms with Gasteiger partial charge in [-0.25, -0.2) is 4.79 Å². The molecule has 1 aromatic heterocycles. The van der Waals surface area contributed by atoms with Crippen LogP contribution in [-0.4, -0.2) is 33.2 Å². The van der Waals surface area contributed by atoms with Crippen molar-refractivity contribution < 1.29 is 32.6 Å². The highest BCUT2D eigenvalue weighted by atomic mass is 35.5. The highest BCUT2D eigenvalue weighted by molar-refractivity contribution is 6.42. The number of amides is 2. The summed E-state index contributed by atoms with van der Waals surface area (Å²) in [6.07, 6.45) is -1.03. The van der Waals surface area contributed by atoms with Gasteiger partial charge in [0.15, 0.2) is 0 Å². The molecular formula is C30H25Cl2F3N4O4. The highest BCUT2D eigenvalue weighted by Crippen LogP contribution is 2.38. The fraction of sp³-hybridized carbons (Fsp3) is 0.233. The van der Waals surface area contributed by atoms with Crippen molar-refractivity contribution in [3.63, 3.8) is 0 Å². The topological polar surface area (TPSA) is 105 Å². The Balaban J connectivity index is 1.37. The van der Waals surface area contributed by atoms with Crippen molar-refractivity contribution in [3.05, 3.63) is 93.6 Å². The number of aromatic nitrogens is 2. The van der Waals surface area contributed by atoms with Gasteiger partial charge in [0, 0.05) is 29.3 Å². The third-order valence-electron chi connectivity index (χ3n) is 7.01. The van der Waals surface area contributed by atoms with E-state index in [2.05, 4.69) is 20.5 Å². The van der Waals surface area contributed by atoms with Crippen molar-refractivity contribution in [2.24, 2.45) is 0 Å². The number of rotatable bonds is 7. The Labute approximate surface area is 254 Å². The first-order valence-electron chi connectivity index (χ1n) is 13.3. The molecule has 1 aliphatic carbocycles. The summed E-state index contributed by atoms with van der Waals surface area (Å²) in [7, 11) is 0. The number of ether oxygens (including phenoxy) is 1. The van der Waals surface area contributed by atoms with Gasteiger partial charge in [-0.3, -0.25) is 4.79 Å². The Bertz CT molecular complexity index is 1650. The number of nitrogens with one attached hydrogen (secondary N) is 2. The van der Waals surface area contributed by atoms with Crippen LogP contribution < -0.4 is 15.4 Å². The monoisotopic (exact) mass is 632 g/mol. The molecule has 0 saturated heterocycles. The van der Waals surface area contributed by atoms with E-state index in [-0.39, 0.29) is 29.3 Å². The summed E-state index contributed by atoms with van der Waals surface area (Å²) in [5.74, 6) is -1.06. The summed E-state index contributed by atoms with van der Waals surface area (Å²) < 4.78 is 42.4. The smallest absolute Gasteiger partial charge is 0.507 e. The Morgan fingerprint density at radius 1 is 0.977 bits per heavy atom. The minimum atomic E-state index is -4.84. The Kier molecular flexibility index (Phi) is 8.84. The number of hydrogen-bond donors (Lipinski definition) is 3. The summed E-state index contributed by atoms with van der Waals surface area (Å²) in [6.45, 7) is 0.186. The van der Waals surface area contributed by atoms with Crippen LogP contribution in [0.5, 0.6) is 11.5 Å². The second-order valence-corrected chi connectivity index (χ2v) is 10.8. The van der Waals surface area contributed by atoms with Gasteiger partial charge < -0.3 is 20.5 Å². The maximum Gasteiger partial charge on any atom is 0.573 e. The van der Waals surface area contributed by atoms with Gasteiger partial charge in [0.25, 0.3) is 5.91 Å². The number of carbonyl (C=O) groups is 2. The van der Waals surface area contributed by atoms with E-state index in [0.29, 0.717) is 27.1 Å². The number of halogens is 5. The molecule has 13 heteroatoms. The Morgan fingerprint density at radius 3 is 2.37 bits per heavy atom. The number of phenolic OH excluding ortho intramolecular Hbond substituents is 1. The van der Waals surface area contributed by atoms with Crippen LogP contribution in [0.4, 0.5) is 23.7 Å². The molecule has 0 spiro atoms. The van der Waals surface area contributed by atoms with Gasteiger partial charge in [0.1, 0.15) is 11.5 Å². The maximum atomic E-state index is 13.3. The molecule has 1 aliphatic rings. The molecule has 2 amide bonds. The van der Waals surface area contributed by atoms with Crippen molar-refractivity contribution in [1.29, 1.82) is 0 Å². The van der Waals surface area contributed by atoms with Crippen molar-refractivity contribution in [3.8, 4) is 22.8 Å². The quantitative estimate of drug-likeness (QED) is 0.178. The first-order valence-corrected chi connectivity index (χ1v) is 14.0. The molecule has 0 unspecified atom stereocenters. The molecule has 0 aliphatic heterocycles. The number of nitrogens with zero attached hydrogens (tertiary/aromatic N) is 2. The Hall–Kier alpha value is -4.22.